The van der Waals surface area contributed by atoms with Gasteiger partial charge in [0.15, 0.2) is 0 Å². The highest BCUT2D eigenvalue weighted by atomic mass is 16.6. The number of amides is 3. The summed E-state index contributed by atoms with van der Waals surface area (Å²) in [6.45, 7) is 6.06. The van der Waals surface area contributed by atoms with Crippen LogP contribution in [0.3, 0.4) is 0 Å². The van der Waals surface area contributed by atoms with E-state index in [0.29, 0.717) is 12.2 Å². The molecule has 174 valence electrons. The van der Waals surface area contributed by atoms with Gasteiger partial charge in [-0.05, 0) is 51.8 Å². The van der Waals surface area contributed by atoms with Gasteiger partial charge in [0.25, 0.3) is 5.69 Å². The number of nitrogens with zero attached hydrogens (tertiary/aromatic N) is 3. The lowest BCUT2D eigenvalue weighted by Crippen LogP contribution is -2.54. The molecule has 1 N–H and O–H groups in total. The number of hydrogen-bond donors (Lipinski definition) is 1. The monoisotopic (exact) mass is 460 g/mol. The second-order valence-corrected chi connectivity index (χ2v) is 9.82. The third kappa shape index (κ3) is 2.30. The lowest BCUT2D eigenvalue weighted by Gasteiger charge is -2.37. The maximum Gasteiger partial charge on any atom is 0.274 e. The van der Waals surface area contributed by atoms with E-state index in [9.17, 15) is 24.5 Å². The van der Waals surface area contributed by atoms with Crippen LogP contribution in [0.2, 0.25) is 0 Å². The van der Waals surface area contributed by atoms with E-state index in [4.69, 9.17) is 0 Å². The molecule has 9 nitrogen and oxygen atoms in total. The van der Waals surface area contributed by atoms with Gasteiger partial charge in [-0.15, -0.1) is 0 Å². The summed E-state index contributed by atoms with van der Waals surface area (Å²) in [6, 6.07) is 8.12. The maximum absolute atomic E-state index is 14.1. The minimum Gasteiger partial charge on any atom is -0.324 e. The second kappa shape index (κ2) is 6.73. The fourth-order valence-electron chi connectivity index (χ4n) is 6.95. The van der Waals surface area contributed by atoms with Crippen molar-refractivity contribution in [2.45, 2.75) is 45.2 Å². The zero-order valence-corrected chi connectivity index (χ0v) is 19.1. The van der Waals surface area contributed by atoms with Crippen molar-refractivity contribution in [3.8, 4) is 0 Å². The van der Waals surface area contributed by atoms with Crippen molar-refractivity contribution in [3.63, 3.8) is 0 Å². The van der Waals surface area contributed by atoms with Gasteiger partial charge in [0.2, 0.25) is 17.7 Å². The van der Waals surface area contributed by atoms with Crippen molar-refractivity contribution in [3.05, 3.63) is 62.7 Å². The van der Waals surface area contributed by atoms with Gasteiger partial charge in [-0.25, -0.2) is 4.90 Å². The van der Waals surface area contributed by atoms with Gasteiger partial charge in [-0.3, -0.25) is 29.4 Å². The summed E-state index contributed by atoms with van der Waals surface area (Å²) in [4.78, 5) is 55.9. The highest BCUT2D eigenvalue weighted by molar-refractivity contribution is 6.26. The van der Waals surface area contributed by atoms with E-state index in [-0.39, 0.29) is 34.8 Å². The quantitative estimate of drug-likeness (QED) is 0.419. The van der Waals surface area contributed by atoms with Gasteiger partial charge in [0.05, 0.1) is 28.0 Å². The summed E-state index contributed by atoms with van der Waals surface area (Å²) in [6.07, 6.45) is 1.55. The van der Waals surface area contributed by atoms with Crippen LogP contribution < -0.4 is 10.2 Å². The first-order chi connectivity index (χ1) is 16.2. The average Bonchev–Trinajstić information content (AvgIpc) is 3.48. The van der Waals surface area contributed by atoms with Gasteiger partial charge in [0.1, 0.15) is 5.54 Å². The Morgan fingerprint density at radius 1 is 1.12 bits per heavy atom. The molecule has 2 aromatic rings. The van der Waals surface area contributed by atoms with Crippen LogP contribution in [0.15, 0.2) is 30.3 Å². The Bertz CT molecular complexity index is 1340. The van der Waals surface area contributed by atoms with E-state index in [2.05, 4.69) is 10.2 Å². The van der Waals surface area contributed by atoms with E-state index in [1.54, 1.807) is 13.0 Å². The number of benzene rings is 2. The lowest BCUT2D eigenvalue weighted by atomic mass is 9.75. The molecule has 0 aromatic heterocycles. The van der Waals surface area contributed by atoms with E-state index in [0.717, 1.165) is 34.4 Å². The second-order valence-electron chi connectivity index (χ2n) is 9.82. The number of nitrogens with one attached hydrogen (secondary N) is 1. The lowest BCUT2D eigenvalue weighted by molar-refractivity contribution is -0.385. The first-order valence-corrected chi connectivity index (χ1v) is 11.5. The molecular formula is C25H24N4O5. The number of fused-ring (bicyclic) bond motifs is 7. The highest BCUT2D eigenvalue weighted by Gasteiger charge is 2.74. The fraction of sp³-hybridized carbons (Fsp3) is 0.400. The molecule has 3 amide bonds. The molecule has 0 unspecified atom stereocenters. The van der Waals surface area contributed by atoms with E-state index in [1.807, 2.05) is 26.0 Å². The number of imide groups is 1. The molecule has 0 saturated carbocycles. The Labute approximate surface area is 195 Å². The Morgan fingerprint density at radius 3 is 2.62 bits per heavy atom. The molecule has 34 heavy (non-hydrogen) atoms. The van der Waals surface area contributed by atoms with Crippen LogP contribution in [0.1, 0.15) is 35.1 Å². The molecule has 4 aliphatic heterocycles. The normalized spacial score (nSPS) is 29.6. The zero-order chi connectivity index (χ0) is 24.1. The number of carbonyl (C=O) groups excluding carboxylic acids is 3. The van der Waals surface area contributed by atoms with Crippen molar-refractivity contribution in [1.29, 1.82) is 0 Å². The first-order valence-electron chi connectivity index (χ1n) is 11.5. The molecule has 6 rings (SSSR count). The van der Waals surface area contributed by atoms with Crippen LogP contribution in [0.5, 0.6) is 0 Å². The van der Waals surface area contributed by atoms with Gasteiger partial charge in [0, 0.05) is 23.4 Å². The number of nitro benzene ring substituents is 1. The van der Waals surface area contributed by atoms with Crippen LogP contribution in [-0.2, 0) is 19.9 Å². The summed E-state index contributed by atoms with van der Waals surface area (Å²) in [5.74, 6) is -2.67. The predicted molar refractivity (Wildman–Crippen MR) is 123 cm³/mol. The summed E-state index contributed by atoms with van der Waals surface area (Å²) in [7, 11) is 0. The third-order valence-corrected chi connectivity index (χ3v) is 8.16. The van der Waals surface area contributed by atoms with Crippen LogP contribution in [0.25, 0.3) is 0 Å². The molecular weight excluding hydrogens is 436 g/mol. The smallest absolute Gasteiger partial charge is 0.274 e. The van der Waals surface area contributed by atoms with E-state index < -0.39 is 28.2 Å². The van der Waals surface area contributed by atoms with Crippen molar-refractivity contribution < 1.29 is 19.3 Å². The van der Waals surface area contributed by atoms with Crippen molar-refractivity contribution in [2.75, 3.05) is 16.8 Å². The Hall–Kier alpha value is -3.59. The van der Waals surface area contributed by atoms with Crippen LogP contribution in [0.4, 0.5) is 17.1 Å². The molecule has 1 spiro atoms. The largest absolute Gasteiger partial charge is 0.324 e. The van der Waals surface area contributed by atoms with E-state index in [1.165, 1.54) is 12.1 Å². The summed E-state index contributed by atoms with van der Waals surface area (Å²) >= 11 is 0. The number of anilines is 2. The van der Waals surface area contributed by atoms with Crippen molar-refractivity contribution >= 4 is 34.8 Å². The molecule has 0 bridgehead atoms. The Kier molecular flexibility index (Phi) is 4.15. The number of aryl methyl sites for hydroxylation is 2. The van der Waals surface area contributed by atoms with Gasteiger partial charge >= 0.3 is 0 Å². The SMILES string of the molecule is Cc1cc(C)c2c(c1)[C@]1(C(=O)N2)[C@H]2C(=O)N(c3cccc([N+](=O)[O-])c3C)C(=O)[C@@H]2[C@H]2CCCN21. The molecule has 3 fully saturated rings. The Morgan fingerprint density at radius 2 is 1.88 bits per heavy atom. The molecule has 2 aromatic carbocycles. The Balaban J connectivity index is 1.57. The standard InChI is InChI=1S/C25H24N4O5/c1-12-10-13(2)21-15(11-12)25(24(32)26-21)20-19(18-8-5-9-27(18)25)22(30)28(23(20)31)16-6-4-7-17(14(16)3)29(33)34/h4,6-7,10-11,18-20H,5,8-9H2,1-3H3,(H,26,32)/t18-,19-,20-,25-/m1/s1. The van der Waals surface area contributed by atoms with Crippen LogP contribution >= 0.6 is 0 Å². The molecule has 4 aliphatic rings. The zero-order valence-electron chi connectivity index (χ0n) is 19.1. The molecule has 0 aliphatic carbocycles. The molecule has 4 heterocycles. The number of rotatable bonds is 2. The minimum absolute atomic E-state index is 0.150. The van der Waals surface area contributed by atoms with Crippen LogP contribution in [0, 0.1) is 42.7 Å². The number of hydrogen-bond acceptors (Lipinski definition) is 6. The van der Waals surface area contributed by atoms with Gasteiger partial charge in [-0.2, -0.15) is 0 Å². The molecule has 9 heteroatoms. The minimum atomic E-state index is -1.26. The number of carbonyl (C=O) groups is 3. The topological polar surface area (TPSA) is 113 Å². The molecule has 0 radical (unpaired) electrons. The van der Waals surface area contributed by atoms with Crippen molar-refractivity contribution in [2.24, 2.45) is 11.8 Å². The van der Waals surface area contributed by atoms with Gasteiger partial charge < -0.3 is 5.32 Å². The van der Waals surface area contributed by atoms with Crippen molar-refractivity contribution in [1.82, 2.24) is 4.90 Å². The summed E-state index contributed by atoms with van der Waals surface area (Å²) < 4.78 is 0. The van der Waals surface area contributed by atoms with Crippen LogP contribution in [-0.4, -0.2) is 40.1 Å². The first kappa shape index (κ1) is 21.0. The summed E-state index contributed by atoms with van der Waals surface area (Å²) in [5.41, 5.74) is 2.44. The van der Waals surface area contributed by atoms with Gasteiger partial charge in [-0.1, -0.05) is 23.8 Å². The maximum atomic E-state index is 14.1. The number of nitro groups is 1. The summed E-state index contributed by atoms with van der Waals surface area (Å²) in [5, 5.41) is 14.5. The molecule has 4 atom stereocenters. The van der Waals surface area contributed by atoms with E-state index >= 15 is 0 Å². The average molecular weight is 460 g/mol. The molecule has 3 saturated heterocycles. The third-order valence-electron chi connectivity index (χ3n) is 8.16. The predicted octanol–water partition coefficient (Wildman–Crippen LogP) is 2.95. The fourth-order valence-corrected chi connectivity index (χ4v) is 6.95. The highest BCUT2D eigenvalue weighted by Crippen LogP contribution is 2.61.